The molecule has 12 nitrogen and oxygen atoms in total. The van der Waals surface area contributed by atoms with Crippen molar-refractivity contribution in [2.24, 2.45) is 15.7 Å². The number of hydrogen-bond acceptors (Lipinski definition) is 8. The number of carbonyl (C=O) groups excluding carboxylic acids is 2. The number of amidine groups is 1. The lowest BCUT2D eigenvalue weighted by Gasteiger charge is -2.37. The third-order valence-corrected chi connectivity index (χ3v) is 9.34. The maximum atomic E-state index is 13.8. The van der Waals surface area contributed by atoms with Crippen LogP contribution in [0.1, 0.15) is 76.4 Å². The highest BCUT2D eigenvalue weighted by atomic mass is 35.5. The minimum absolute atomic E-state index is 0.0467. The van der Waals surface area contributed by atoms with Crippen molar-refractivity contribution in [2.75, 3.05) is 36.4 Å². The summed E-state index contributed by atoms with van der Waals surface area (Å²) in [7, 11) is 0. The quantitative estimate of drug-likeness (QED) is 0.0567. The van der Waals surface area contributed by atoms with E-state index in [1.807, 2.05) is 45.9 Å². The summed E-state index contributed by atoms with van der Waals surface area (Å²) in [6.07, 6.45) is -1.33. The molecule has 3 aromatic rings. The van der Waals surface area contributed by atoms with Crippen LogP contribution in [-0.4, -0.2) is 69.6 Å². The molecular formula is C40H50ClF3N8O4. The molecule has 2 amide bonds. The van der Waals surface area contributed by atoms with Crippen molar-refractivity contribution in [3.63, 3.8) is 0 Å². The van der Waals surface area contributed by atoms with Crippen molar-refractivity contribution in [2.45, 2.75) is 80.4 Å². The Morgan fingerprint density at radius 1 is 1.04 bits per heavy atom. The Morgan fingerprint density at radius 2 is 1.68 bits per heavy atom. The third-order valence-electron chi connectivity index (χ3n) is 9.03. The van der Waals surface area contributed by atoms with E-state index in [0.717, 1.165) is 42.2 Å². The second-order valence-electron chi connectivity index (χ2n) is 12.5. The minimum atomic E-state index is -4.63. The molecule has 4 rings (SSSR count). The van der Waals surface area contributed by atoms with E-state index in [9.17, 15) is 32.7 Å². The Morgan fingerprint density at radius 3 is 2.23 bits per heavy atom. The Hall–Kier alpha value is -5.44. The van der Waals surface area contributed by atoms with Gasteiger partial charge in [-0.25, -0.2) is 0 Å². The number of anilines is 2. The Labute approximate surface area is 330 Å². The van der Waals surface area contributed by atoms with E-state index >= 15 is 0 Å². The van der Waals surface area contributed by atoms with Gasteiger partial charge in [-0.3, -0.25) is 19.4 Å². The zero-order chi connectivity index (χ0) is 41.9. The van der Waals surface area contributed by atoms with Gasteiger partial charge in [-0.15, -0.1) is 0 Å². The molecule has 0 spiro atoms. The van der Waals surface area contributed by atoms with Crippen LogP contribution in [0.2, 0.25) is 5.02 Å². The van der Waals surface area contributed by atoms with Gasteiger partial charge in [-0.1, -0.05) is 64.9 Å². The zero-order valence-electron chi connectivity index (χ0n) is 32.8. The van der Waals surface area contributed by atoms with Crippen LogP contribution in [0, 0.1) is 0 Å². The summed E-state index contributed by atoms with van der Waals surface area (Å²) in [6, 6.07) is 8.27. The van der Waals surface area contributed by atoms with Crippen molar-refractivity contribution in [1.82, 2.24) is 14.5 Å². The van der Waals surface area contributed by atoms with E-state index in [1.165, 1.54) is 15.7 Å². The van der Waals surface area contributed by atoms with Crippen LogP contribution in [0.3, 0.4) is 0 Å². The molecular weight excluding hydrogens is 749 g/mol. The van der Waals surface area contributed by atoms with Crippen LogP contribution in [0.15, 0.2) is 74.8 Å². The number of carbonyl (C=O) groups is 2. The standard InChI is InChI=1S/C38H44ClF3N8O4.C2H6/c1-7-24-11-12-26(19-25(24)8-2)34(43)46-37-47-35(53)32(48-15-17-49(18-16-48)36(54)22(5)33(52)23(6)44-10-4)30(9-3)50(37)21-31(51)45-29-14-13-27(20-28(29)39)38(40,41)42;1-2/h10-14,19-20,52H,5,7-9,15-18,21H2,1-4,6H3,(H,45,51)(H2,43,46,47,53);1-2H3/b33-23+,44-10?;. The molecule has 302 valence electrons. The Bertz CT molecular complexity index is 2080. The van der Waals surface area contributed by atoms with Crippen molar-refractivity contribution in [1.29, 1.82) is 0 Å². The molecule has 1 aromatic heterocycles. The smallest absolute Gasteiger partial charge is 0.416 e. The number of halogens is 4. The third kappa shape index (κ3) is 10.6. The lowest BCUT2D eigenvalue weighted by molar-refractivity contribution is -0.137. The van der Waals surface area contributed by atoms with E-state index in [2.05, 4.69) is 26.9 Å². The molecule has 56 heavy (non-hydrogen) atoms. The summed E-state index contributed by atoms with van der Waals surface area (Å²) in [5.74, 6) is -1.58. The van der Waals surface area contributed by atoms with Gasteiger partial charge in [0.25, 0.3) is 11.5 Å². The lowest BCUT2D eigenvalue weighted by Crippen LogP contribution is -2.51. The summed E-state index contributed by atoms with van der Waals surface area (Å²) >= 11 is 6.13. The van der Waals surface area contributed by atoms with Crippen LogP contribution in [0.25, 0.3) is 0 Å². The second kappa shape index (κ2) is 19.9. The molecule has 0 saturated carbocycles. The number of benzene rings is 2. The molecule has 0 atom stereocenters. The Kier molecular flexibility index (Phi) is 16.0. The van der Waals surface area contributed by atoms with Crippen LogP contribution in [0.4, 0.5) is 30.5 Å². The van der Waals surface area contributed by atoms with Crippen molar-refractivity contribution in [3.05, 3.63) is 103 Å². The molecule has 2 heterocycles. The fourth-order valence-electron chi connectivity index (χ4n) is 6.16. The lowest BCUT2D eigenvalue weighted by atomic mass is 10.00. The number of rotatable bonds is 12. The van der Waals surface area contributed by atoms with Crippen LogP contribution in [-0.2, 0) is 41.6 Å². The van der Waals surface area contributed by atoms with Gasteiger partial charge < -0.3 is 30.5 Å². The number of nitrogens with two attached hydrogens (primary N) is 1. The number of aliphatic imine (C=N–C) groups is 2. The molecule has 2 aromatic carbocycles. The topological polar surface area (TPSA) is 159 Å². The number of aryl methyl sites for hydroxylation is 2. The predicted octanol–water partition coefficient (Wildman–Crippen LogP) is 7.39. The van der Waals surface area contributed by atoms with Crippen molar-refractivity contribution >= 4 is 52.8 Å². The largest absolute Gasteiger partial charge is 0.505 e. The average Bonchev–Trinajstić information content (AvgIpc) is 3.18. The number of amides is 2. The highest BCUT2D eigenvalue weighted by Crippen LogP contribution is 2.34. The average molecular weight is 799 g/mol. The minimum Gasteiger partial charge on any atom is -0.505 e. The molecule has 1 fully saturated rings. The van der Waals surface area contributed by atoms with Crippen LogP contribution in [0.5, 0.6) is 0 Å². The molecule has 4 N–H and O–H groups in total. The highest BCUT2D eigenvalue weighted by molar-refractivity contribution is 6.33. The number of alkyl halides is 3. The van der Waals surface area contributed by atoms with Gasteiger partial charge in [0.05, 0.1) is 33.2 Å². The predicted molar refractivity (Wildman–Crippen MR) is 217 cm³/mol. The van der Waals surface area contributed by atoms with Gasteiger partial charge in [0, 0.05) is 38.0 Å². The Balaban J connectivity index is 0.00000414. The zero-order valence-corrected chi connectivity index (χ0v) is 33.6. The van der Waals surface area contributed by atoms with Gasteiger partial charge in [0.15, 0.2) is 0 Å². The fourth-order valence-corrected chi connectivity index (χ4v) is 6.39. The number of aliphatic hydroxyl groups is 1. The van der Waals surface area contributed by atoms with Gasteiger partial charge >= 0.3 is 6.18 Å². The molecule has 0 unspecified atom stereocenters. The number of hydrogen-bond donors (Lipinski definition) is 3. The normalized spacial score (nSPS) is 13.9. The maximum absolute atomic E-state index is 13.8. The maximum Gasteiger partial charge on any atom is 0.416 e. The van der Waals surface area contributed by atoms with E-state index in [-0.39, 0.29) is 77.8 Å². The summed E-state index contributed by atoms with van der Waals surface area (Å²) in [6.45, 7) is 17.2. The molecule has 0 aliphatic carbocycles. The first kappa shape index (κ1) is 45.0. The number of aliphatic hydroxyl groups excluding tert-OH is 1. The van der Waals surface area contributed by atoms with E-state index in [0.29, 0.717) is 11.3 Å². The number of piperazine rings is 1. The highest BCUT2D eigenvalue weighted by Gasteiger charge is 2.32. The molecule has 16 heteroatoms. The summed E-state index contributed by atoms with van der Waals surface area (Å²) in [4.78, 5) is 56.6. The van der Waals surface area contributed by atoms with Gasteiger partial charge in [-0.05, 0) is 68.5 Å². The number of aromatic nitrogens is 2. The number of allylic oxidation sites excluding steroid dienone is 1. The first-order valence-corrected chi connectivity index (χ1v) is 18.8. The van der Waals surface area contributed by atoms with Crippen molar-refractivity contribution in [3.8, 4) is 0 Å². The van der Waals surface area contributed by atoms with Crippen LogP contribution < -0.4 is 21.5 Å². The van der Waals surface area contributed by atoms with E-state index in [4.69, 9.17) is 17.3 Å². The summed E-state index contributed by atoms with van der Waals surface area (Å²) in [5.41, 5.74) is 8.37. The number of nitrogens with one attached hydrogen (secondary N) is 1. The fraction of sp³-hybridized carbons (Fsp3) is 0.400. The van der Waals surface area contributed by atoms with Gasteiger partial charge in [-0.2, -0.15) is 23.1 Å². The van der Waals surface area contributed by atoms with Gasteiger partial charge in [0.2, 0.25) is 11.9 Å². The molecule has 1 aliphatic heterocycles. The molecule has 0 bridgehead atoms. The summed E-state index contributed by atoms with van der Waals surface area (Å²) in [5, 5.41) is 12.7. The van der Waals surface area contributed by atoms with Crippen LogP contribution >= 0.6 is 11.6 Å². The number of nitrogens with zero attached hydrogens (tertiary/aromatic N) is 6. The molecule has 1 saturated heterocycles. The van der Waals surface area contributed by atoms with Gasteiger partial charge in [0.1, 0.15) is 23.8 Å². The molecule has 0 radical (unpaired) electrons. The van der Waals surface area contributed by atoms with E-state index < -0.39 is 35.7 Å². The monoisotopic (exact) mass is 798 g/mol. The first-order valence-electron chi connectivity index (χ1n) is 18.4. The second-order valence-corrected chi connectivity index (χ2v) is 12.9. The first-order chi connectivity index (χ1) is 26.5. The summed E-state index contributed by atoms with van der Waals surface area (Å²) < 4.78 is 41.2. The molecule has 1 aliphatic rings. The van der Waals surface area contributed by atoms with E-state index in [1.54, 1.807) is 25.7 Å². The SMILES string of the molecule is C=C(C(=O)N1CCN(c2c(CC)n(CC(=O)Nc3ccc(C(F)(F)F)cc3Cl)c(/N=C(\N)c3ccc(CC)c(CC)c3)nc2=O)CC1)/C(O)=C(/C)N=CC.CC. The van der Waals surface area contributed by atoms with Crippen molar-refractivity contribution < 1.29 is 27.9 Å².